The second kappa shape index (κ2) is 6.41. The smallest absolute Gasteiger partial charge is 0.335 e. The lowest BCUT2D eigenvalue weighted by molar-refractivity contribution is -0.000453. The fourth-order valence-corrected chi connectivity index (χ4v) is 2.75. The van der Waals surface area contributed by atoms with E-state index >= 15 is 0 Å². The fraction of sp³-hybridized carbons (Fsp3) is 0.364. The molecule has 118 valence electrons. The van der Waals surface area contributed by atoms with Crippen molar-refractivity contribution >= 4 is 16.0 Å². The summed E-state index contributed by atoms with van der Waals surface area (Å²) in [4.78, 5) is 10.1. The summed E-state index contributed by atoms with van der Waals surface area (Å²) in [6, 6.07) is 1.35. The van der Waals surface area contributed by atoms with Crippen molar-refractivity contribution in [3.8, 4) is 0 Å². The third-order valence-corrected chi connectivity index (χ3v) is 4.16. The molecule has 0 saturated heterocycles. The predicted molar refractivity (Wildman–Crippen MR) is 65.3 cm³/mol. The van der Waals surface area contributed by atoms with E-state index in [-0.39, 0.29) is 5.56 Å². The van der Waals surface area contributed by atoms with Gasteiger partial charge in [0.25, 0.3) is 6.43 Å². The second-order valence-electron chi connectivity index (χ2n) is 4.14. The summed E-state index contributed by atoms with van der Waals surface area (Å²) in [5.74, 6) is -2.61. The minimum Gasteiger partial charge on any atom is -0.478 e. The zero-order valence-corrected chi connectivity index (χ0v) is 11.5. The molecule has 0 aliphatic heterocycles. The molecule has 21 heavy (non-hydrogen) atoms. The van der Waals surface area contributed by atoms with Crippen molar-refractivity contribution in [3.05, 3.63) is 29.1 Å². The van der Waals surface area contributed by atoms with E-state index in [9.17, 15) is 26.4 Å². The summed E-state index contributed by atoms with van der Waals surface area (Å²) in [5.41, 5.74) is -0.966. The van der Waals surface area contributed by atoms with Gasteiger partial charge in [0, 0.05) is 12.1 Å². The van der Waals surface area contributed by atoms with Gasteiger partial charge in [-0.15, -0.1) is 0 Å². The zero-order valence-electron chi connectivity index (χ0n) is 10.7. The Kier molecular flexibility index (Phi) is 5.31. The van der Waals surface area contributed by atoms with Gasteiger partial charge in [0.1, 0.15) is 11.9 Å². The molecule has 10 heteroatoms. The van der Waals surface area contributed by atoms with Crippen LogP contribution < -0.4 is 4.72 Å². The maximum Gasteiger partial charge on any atom is 0.335 e. The van der Waals surface area contributed by atoms with Gasteiger partial charge in [0.05, 0.1) is 10.5 Å². The molecule has 0 aliphatic carbocycles. The number of halogens is 3. The lowest BCUT2D eigenvalue weighted by Crippen LogP contribution is -2.36. The number of benzene rings is 1. The Morgan fingerprint density at radius 2 is 1.95 bits per heavy atom. The third kappa shape index (κ3) is 4.16. The van der Waals surface area contributed by atoms with Gasteiger partial charge in [0.2, 0.25) is 10.0 Å². The topological polar surface area (TPSA) is 104 Å². The number of rotatable bonds is 6. The molecule has 3 N–H and O–H groups in total. The van der Waals surface area contributed by atoms with E-state index in [0.717, 1.165) is 6.92 Å². The number of sulfonamides is 1. The van der Waals surface area contributed by atoms with E-state index in [2.05, 4.69) is 0 Å². The van der Waals surface area contributed by atoms with Gasteiger partial charge in [-0.1, -0.05) is 0 Å². The Morgan fingerprint density at radius 1 is 1.38 bits per heavy atom. The van der Waals surface area contributed by atoms with Crippen LogP contribution in [0, 0.1) is 12.7 Å². The standard InChI is InChI=1S/C11H12F3NO5S/c1-5-7(12)2-6(11(17)18)3-9(5)21(19,20)15-4-8(16)10(13)14/h2-3,8,10,15-16H,4H2,1H3,(H,17,18). The molecular formula is C11H12F3NO5S. The van der Waals surface area contributed by atoms with Crippen molar-refractivity contribution in [2.45, 2.75) is 24.3 Å². The first kappa shape index (κ1) is 17.4. The van der Waals surface area contributed by atoms with Gasteiger partial charge in [-0.2, -0.15) is 0 Å². The van der Waals surface area contributed by atoms with Crippen molar-refractivity contribution in [1.29, 1.82) is 0 Å². The first-order chi connectivity index (χ1) is 9.56. The lowest BCUT2D eigenvalue weighted by Gasteiger charge is -2.13. The minimum absolute atomic E-state index is 0.362. The van der Waals surface area contributed by atoms with Gasteiger partial charge < -0.3 is 10.2 Å². The molecule has 0 aliphatic rings. The summed E-state index contributed by atoms with van der Waals surface area (Å²) in [5, 5.41) is 17.6. The van der Waals surface area contributed by atoms with Crippen LogP contribution in [0.1, 0.15) is 15.9 Å². The quantitative estimate of drug-likeness (QED) is 0.715. The van der Waals surface area contributed by atoms with E-state index in [4.69, 9.17) is 10.2 Å². The Balaban J connectivity index is 3.16. The van der Waals surface area contributed by atoms with Crippen molar-refractivity contribution in [2.75, 3.05) is 6.54 Å². The Bertz CT molecular complexity index is 648. The van der Waals surface area contributed by atoms with Crippen LogP contribution in [0.3, 0.4) is 0 Å². The highest BCUT2D eigenvalue weighted by Crippen LogP contribution is 2.20. The minimum atomic E-state index is -4.44. The normalized spacial score (nSPS) is 13.4. The maximum atomic E-state index is 13.5. The van der Waals surface area contributed by atoms with Crippen LogP contribution >= 0.6 is 0 Å². The maximum absolute atomic E-state index is 13.5. The average Bonchev–Trinajstić information content (AvgIpc) is 2.38. The number of aliphatic hydroxyl groups is 1. The molecule has 0 radical (unpaired) electrons. The highest BCUT2D eigenvalue weighted by atomic mass is 32.2. The molecule has 1 rings (SSSR count). The first-order valence-corrected chi connectivity index (χ1v) is 7.04. The zero-order chi connectivity index (χ0) is 16.4. The SMILES string of the molecule is Cc1c(F)cc(C(=O)O)cc1S(=O)(=O)NCC(O)C(F)F. The number of nitrogens with one attached hydrogen (secondary N) is 1. The Labute approximate surface area is 118 Å². The molecule has 0 fully saturated rings. The summed E-state index contributed by atoms with van der Waals surface area (Å²) in [6.07, 6.45) is -5.39. The molecule has 6 nitrogen and oxygen atoms in total. The third-order valence-electron chi connectivity index (χ3n) is 2.61. The molecular weight excluding hydrogens is 315 g/mol. The lowest BCUT2D eigenvalue weighted by atomic mass is 10.1. The number of aliphatic hydroxyl groups excluding tert-OH is 1. The number of carboxylic acid groups (broad SMARTS) is 1. The van der Waals surface area contributed by atoms with Crippen molar-refractivity contribution in [1.82, 2.24) is 4.72 Å². The second-order valence-corrected chi connectivity index (χ2v) is 5.88. The average molecular weight is 327 g/mol. The largest absolute Gasteiger partial charge is 0.478 e. The van der Waals surface area contributed by atoms with Gasteiger partial charge >= 0.3 is 5.97 Å². The van der Waals surface area contributed by atoms with Crippen LogP contribution in [-0.4, -0.2) is 43.7 Å². The highest BCUT2D eigenvalue weighted by molar-refractivity contribution is 7.89. The molecule has 1 aromatic rings. The number of carbonyl (C=O) groups is 1. The van der Waals surface area contributed by atoms with Crippen LogP contribution in [0.25, 0.3) is 0 Å². The molecule has 0 saturated carbocycles. The van der Waals surface area contributed by atoms with Crippen molar-refractivity contribution in [3.63, 3.8) is 0 Å². The number of hydrogen-bond acceptors (Lipinski definition) is 4. The monoisotopic (exact) mass is 327 g/mol. The molecule has 0 amide bonds. The van der Waals surface area contributed by atoms with E-state index < -0.39 is 51.3 Å². The van der Waals surface area contributed by atoms with Crippen molar-refractivity contribution < 1.29 is 36.6 Å². The van der Waals surface area contributed by atoms with Crippen molar-refractivity contribution in [2.24, 2.45) is 0 Å². The van der Waals surface area contributed by atoms with Crippen LogP contribution in [0.15, 0.2) is 17.0 Å². The molecule has 0 heterocycles. The summed E-state index contributed by atoms with van der Waals surface area (Å²) >= 11 is 0. The first-order valence-electron chi connectivity index (χ1n) is 5.55. The van der Waals surface area contributed by atoms with Crippen LogP contribution in [0.5, 0.6) is 0 Å². The summed E-state index contributed by atoms with van der Waals surface area (Å²) in [6.45, 7) is 0.109. The molecule has 1 unspecified atom stereocenters. The molecule has 1 aromatic carbocycles. The molecule has 0 bridgehead atoms. The summed E-state index contributed by atoms with van der Waals surface area (Å²) in [7, 11) is -4.44. The Hall–Kier alpha value is -1.65. The highest BCUT2D eigenvalue weighted by Gasteiger charge is 2.25. The van der Waals surface area contributed by atoms with Crippen LogP contribution in [0.2, 0.25) is 0 Å². The van der Waals surface area contributed by atoms with Gasteiger partial charge in [-0.3, -0.25) is 0 Å². The molecule has 0 spiro atoms. The van der Waals surface area contributed by atoms with Gasteiger partial charge in [0.15, 0.2) is 0 Å². The predicted octanol–water partition coefficient (Wildman–Crippen LogP) is 0.737. The van der Waals surface area contributed by atoms with Crippen LogP contribution in [0.4, 0.5) is 13.2 Å². The molecule has 0 aromatic heterocycles. The number of hydrogen-bond donors (Lipinski definition) is 3. The van der Waals surface area contributed by atoms with Gasteiger partial charge in [-0.05, 0) is 19.1 Å². The summed E-state index contributed by atoms with van der Waals surface area (Å²) < 4.78 is 63.2. The Morgan fingerprint density at radius 3 is 2.43 bits per heavy atom. The number of carboxylic acids is 1. The van der Waals surface area contributed by atoms with Gasteiger partial charge in [-0.25, -0.2) is 31.1 Å². The fourth-order valence-electron chi connectivity index (χ4n) is 1.42. The number of alkyl halides is 2. The van der Waals surface area contributed by atoms with E-state index in [1.807, 2.05) is 0 Å². The number of aromatic carboxylic acids is 1. The van der Waals surface area contributed by atoms with E-state index in [1.54, 1.807) is 4.72 Å². The molecule has 1 atom stereocenters. The van der Waals surface area contributed by atoms with E-state index in [0.29, 0.717) is 12.1 Å². The van der Waals surface area contributed by atoms with E-state index in [1.165, 1.54) is 0 Å². The van der Waals surface area contributed by atoms with Crippen LogP contribution in [-0.2, 0) is 10.0 Å².